The predicted molar refractivity (Wildman–Crippen MR) is 59.4 cm³/mol. The van der Waals surface area contributed by atoms with Gasteiger partial charge in [0.2, 0.25) is 0 Å². The van der Waals surface area contributed by atoms with Crippen LogP contribution in [0.25, 0.3) is 6.08 Å². The van der Waals surface area contributed by atoms with Gasteiger partial charge in [-0.15, -0.1) is 0 Å². The molecule has 0 saturated carbocycles. The minimum atomic E-state index is -0.971. The number of rotatable bonds is 3. The number of methoxy groups -OCH3 is 1. The maximum absolute atomic E-state index is 11.0. The summed E-state index contributed by atoms with van der Waals surface area (Å²) in [6, 6.07) is 3.50. The highest BCUT2D eigenvalue weighted by atomic mass is 16.5. The van der Waals surface area contributed by atoms with E-state index in [4.69, 9.17) is 9.84 Å². The van der Waals surface area contributed by atoms with Crippen LogP contribution in [0.4, 0.5) is 0 Å². The van der Waals surface area contributed by atoms with E-state index in [0.29, 0.717) is 5.75 Å². The van der Waals surface area contributed by atoms with Crippen LogP contribution in [-0.4, -0.2) is 18.2 Å². The summed E-state index contributed by atoms with van der Waals surface area (Å²) in [4.78, 5) is 11.0. The Morgan fingerprint density at radius 2 is 2.13 bits per heavy atom. The molecule has 80 valence electrons. The van der Waals surface area contributed by atoms with E-state index in [1.54, 1.807) is 6.07 Å². The summed E-state index contributed by atoms with van der Waals surface area (Å²) in [7, 11) is 1.48. The number of carboxylic acid groups (broad SMARTS) is 1. The van der Waals surface area contributed by atoms with Crippen LogP contribution in [0, 0.1) is 6.92 Å². The molecule has 0 heterocycles. The summed E-state index contributed by atoms with van der Waals surface area (Å²) >= 11 is 0. The lowest BCUT2D eigenvalue weighted by molar-refractivity contribution is 0.0693. The van der Waals surface area contributed by atoms with Gasteiger partial charge in [0.05, 0.1) is 7.11 Å². The van der Waals surface area contributed by atoms with Crippen LogP contribution in [0.15, 0.2) is 18.2 Å². The lowest BCUT2D eigenvalue weighted by atomic mass is 10.0. The van der Waals surface area contributed by atoms with Crippen molar-refractivity contribution < 1.29 is 14.6 Å². The Labute approximate surface area is 89.0 Å². The molecule has 0 aliphatic heterocycles. The first kappa shape index (κ1) is 11.3. The number of benzene rings is 1. The summed E-state index contributed by atoms with van der Waals surface area (Å²) < 4.78 is 5.11. The third-order valence-corrected chi connectivity index (χ3v) is 2.04. The zero-order valence-electron chi connectivity index (χ0n) is 9.07. The van der Waals surface area contributed by atoms with Crippen LogP contribution in [-0.2, 0) is 0 Å². The van der Waals surface area contributed by atoms with Crippen molar-refractivity contribution in [3.05, 3.63) is 34.9 Å². The standard InChI is InChI=1S/C12H14O3/c1-4-5-9-6-8(2)7-10(12(13)14)11(9)15-3/h4-7H,1-3H3,(H,13,14)/b5-4+. The average Bonchev–Trinajstić information content (AvgIpc) is 2.17. The predicted octanol–water partition coefficient (Wildman–Crippen LogP) is 2.73. The third-order valence-electron chi connectivity index (χ3n) is 2.04. The molecule has 1 aromatic rings. The summed E-state index contributed by atoms with van der Waals surface area (Å²) in [6.45, 7) is 3.74. The van der Waals surface area contributed by atoms with Gasteiger partial charge < -0.3 is 9.84 Å². The van der Waals surface area contributed by atoms with Crippen LogP contribution >= 0.6 is 0 Å². The highest BCUT2D eigenvalue weighted by Crippen LogP contribution is 2.26. The van der Waals surface area contributed by atoms with Crippen LogP contribution in [0.5, 0.6) is 5.75 Å². The Hall–Kier alpha value is -1.77. The third kappa shape index (κ3) is 2.37. The number of carboxylic acids is 1. The van der Waals surface area contributed by atoms with Gasteiger partial charge in [-0.25, -0.2) is 4.79 Å². The first-order valence-corrected chi connectivity index (χ1v) is 4.64. The number of hydrogen-bond acceptors (Lipinski definition) is 2. The fourth-order valence-corrected chi connectivity index (χ4v) is 1.49. The fraction of sp³-hybridized carbons (Fsp3) is 0.250. The van der Waals surface area contributed by atoms with Crippen molar-refractivity contribution in [2.45, 2.75) is 13.8 Å². The molecule has 15 heavy (non-hydrogen) atoms. The Morgan fingerprint density at radius 1 is 1.47 bits per heavy atom. The van der Waals surface area contributed by atoms with Crippen molar-refractivity contribution in [1.82, 2.24) is 0 Å². The van der Waals surface area contributed by atoms with Crippen LogP contribution in [0.3, 0.4) is 0 Å². The van der Waals surface area contributed by atoms with Gasteiger partial charge in [-0.05, 0) is 31.5 Å². The van der Waals surface area contributed by atoms with Crippen molar-refractivity contribution in [2.24, 2.45) is 0 Å². The van der Waals surface area contributed by atoms with Crippen molar-refractivity contribution in [2.75, 3.05) is 7.11 Å². The Balaban J connectivity index is 3.44. The van der Waals surface area contributed by atoms with Gasteiger partial charge >= 0.3 is 5.97 Å². The molecule has 0 fully saturated rings. The van der Waals surface area contributed by atoms with Crippen molar-refractivity contribution in [1.29, 1.82) is 0 Å². The molecule has 1 rings (SSSR count). The molecule has 0 amide bonds. The van der Waals surface area contributed by atoms with E-state index in [1.165, 1.54) is 7.11 Å². The van der Waals surface area contributed by atoms with Gasteiger partial charge in [-0.3, -0.25) is 0 Å². The number of hydrogen-bond donors (Lipinski definition) is 1. The SMILES string of the molecule is C/C=C/c1cc(C)cc(C(=O)O)c1OC. The molecule has 0 atom stereocenters. The van der Waals surface area contributed by atoms with Crippen molar-refractivity contribution in [3.63, 3.8) is 0 Å². The van der Waals surface area contributed by atoms with Crippen molar-refractivity contribution >= 4 is 12.0 Å². The largest absolute Gasteiger partial charge is 0.495 e. The molecule has 0 radical (unpaired) electrons. The molecular weight excluding hydrogens is 192 g/mol. The molecule has 0 aromatic heterocycles. The topological polar surface area (TPSA) is 46.5 Å². The molecule has 0 aliphatic carbocycles. The summed E-state index contributed by atoms with van der Waals surface area (Å²) in [5.74, 6) is -0.562. The van der Waals surface area contributed by atoms with Crippen molar-refractivity contribution in [3.8, 4) is 5.75 Å². The van der Waals surface area contributed by atoms with Gasteiger partial charge in [0.15, 0.2) is 0 Å². The Morgan fingerprint density at radius 3 is 2.60 bits per heavy atom. The van der Waals surface area contributed by atoms with E-state index < -0.39 is 5.97 Å². The molecule has 3 heteroatoms. The zero-order chi connectivity index (χ0) is 11.4. The fourth-order valence-electron chi connectivity index (χ4n) is 1.49. The highest BCUT2D eigenvalue weighted by Gasteiger charge is 2.14. The maximum Gasteiger partial charge on any atom is 0.339 e. The van der Waals surface area contributed by atoms with Gasteiger partial charge in [0, 0.05) is 5.56 Å². The molecule has 0 saturated heterocycles. The summed E-state index contributed by atoms with van der Waals surface area (Å²) in [5.41, 5.74) is 1.89. The lowest BCUT2D eigenvalue weighted by Gasteiger charge is -2.09. The number of carbonyl (C=O) groups is 1. The normalized spacial score (nSPS) is 10.6. The monoisotopic (exact) mass is 206 g/mol. The van der Waals surface area contributed by atoms with E-state index in [0.717, 1.165) is 11.1 Å². The first-order chi connectivity index (χ1) is 7.10. The number of aromatic carboxylic acids is 1. The molecule has 3 nitrogen and oxygen atoms in total. The summed E-state index contributed by atoms with van der Waals surface area (Å²) in [6.07, 6.45) is 3.68. The average molecular weight is 206 g/mol. The lowest BCUT2D eigenvalue weighted by Crippen LogP contribution is -2.02. The maximum atomic E-state index is 11.0. The molecule has 0 unspecified atom stereocenters. The molecular formula is C12H14O3. The zero-order valence-corrected chi connectivity index (χ0v) is 9.07. The molecule has 0 bridgehead atoms. The second-order valence-electron chi connectivity index (χ2n) is 3.24. The van der Waals surface area contributed by atoms with Crippen LogP contribution in [0.1, 0.15) is 28.4 Å². The van der Waals surface area contributed by atoms with E-state index in [1.807, 2.05) is 32.1 Å². The number of aryl methyl sites for hydroxylation is 1. The first-order valence-electron chi connectivity index (χ1n) is 4.64. The number of ether oxygens (including phenoxy) is 1. The minimum absolute atomic E-state index is 0.200. The molecule has 0 aliphatic rings. The second-order valence-corrected chi connectivity index (χ2v) is 3.24. The van der Waals surface area contributed by atoms with Gasteiger partial charge in [-0.2, -0.15) is 0 Å². The van der Waals surface area contributed by atoms with Gasteiger partial charge in [0.25, 0.3) is 0 Å². The molecule has 1 aromatic carbocycles. The Kier molecular flexibility index (Phi) is 3.50. The number of allylic oxidation sites excluding steroid dienone is 1. The molecule has 0 spiro atoms. The Bertz CT molecular complexity index is 406. The van der Waals surface area contributed by atoms with Crippen LogP contribution in [0.2, 0.25) is 0 Å². The van der Waals surface area contributed by atoms with Gasteiger partial charge in [-0.1, -0.05) is 12.2 Å². The van der Waals surface area contributed by atoms with E-state index in [2.05, 4.69) is 0 Å². The molecule has 1 N–H and O–H groups in total. The highest BCUT2D eigenvalue weighted by molar-refractivity contribution is 5.92. The van der Waals surface area contributed by atoms with Gasteiger partial charge in [0.1, 0.15) is 11.3 Å². The van der Waals surface area contributed by atoms with E-state index in [-0.39, 0.29) is 5.56 Å². The minimum Gasteiger partial charge on any atom is -0.495 e. The summed E-state index contributed by atoms with van der Waals surface area (Å²) in [5, 5.41) is 9.01. The van der Waals surface area contributed by atoms with Crippen LogP contribution < -0.4 is 4.74 Å². The van der Waals surface area contributed by atoms with E-state index >= 15 is 0 Å². The second kappa shape index (κ2) is 4.64. The van der Waals surface area contributed by atoms with E-state index in [9.17, 15) is 4.79 Å². The smallest absolute Gasteiger partial charge is 0.339 e. The quantitative estimate of drug-likeness (QED) is 0.827.